The second-order valence-electron chi connectivity index (χ2n) is 8.01. The van der Waals surface area contributed by atoms with Crippen LogP contribution in [0.15, 0.2) is 12.2 Å². The van der Waals surface area contributed by atoms with E-state index in [0.29, 0.717) is 6.42 Å². The number of phosphoric ester groups is 1. The summed E-state index contributed by atoms with van der Waals surface area (Å²) in [6, 6.07) is 0. The normalized spacial score (nSPS) is 14.5. The minimum Gasteiger partial charge on any atom is -0.457 e. The van der Waals surface area contributed by atoms with Crippen LogP contribution in [0.1, 0.15) is 96.8 Å². The molecule has 0 heterocycles. The van der Waals surface area contributed by atoms with E-state index in [0.717, 1.165) is 32.1 Å². The number of esters is 1. The number of carbonyl (C=O) groups is 1. The molecule has 32 heavy (non-hydrogen) atoms. The average molecular weight is 480 g/mol. The fourth-order valence-corrected chi connectivity index (χ4v) is 3.86. The zero-order chi connectivity index (χ0) is 23.9. The highest BCUT2D eigenvalue weighted by molar-refractivity contribution is 7.47. The molecule has 190 valence electrons. The van der Waals surface area contributed by atoms with Crippen LogP contribution in [0.25, 0.3) is 0 Å². The van der Waals surface area contributed by atoms with Crippen LogP contribution in [0.5, 0.6) is 0 Å². The Morgan fingerprint density at radius 3 is 2.06 bits per heavy atom. The Bertz CT molecular complexity index is 517. The van der Waals surface area contributed by atoms with Crippen molar-refractivity contribution in [1.29, 1.82) is 0 Å². The Balaban J connectivity index is 3.63. The number of phosphoric acid groups is 1. The van der Waals surface area contributed by atoms with Crippen molar-refractivity contribution in [3.05, 3.63) is 12.2 Å². The lowest BCUT2D eigenvalue weighted by atomic mass is 10.1. The van der Waals surface area contributed by atoms with E-state index in [2.05, 4.69) is 23.6 Å². The molecule has 0 aliphatic rings. The smallest absolute Gasteiger partial charge is 0.457 e. The van der Waals surface area contributed by atoms with Gasteiger partial charge in [-0.15, -0.1) is 0 Å². The molecule has 0 bridgehead atoms. The van der Waals surface area contributed by atoms with Gasteiger partial charge >= 0.3 is 13.8 Å². The lowest BCUT2D eigenvalue weighted by Gasteiger charge is -2.17. The summed E-state index contributed by atoms with van der Waals surface area (Å²) in [5, 5.41) is 9.26. The molecule has 4 N–H and O–H groups in total. The molecule has 9 heteroatoms. The van der Waals surface area contributed by atoms with E-state index < -0.39 is 33.1 Å². The molecule has 2 atom stereocenters. The van der Waals surface area contributed by atoms with Crippen molar-refractivity contribution in [1.82, 2.24) is 0 Å². The van der Waals surface area contributed by atoms with Gasteiger partial charge in [0.2, 0.25) is 0 Å². The fraction of sp³-hybridized carbons (Fsp3) is 0.870. The standard InChI is InChI=1S/C23H46NO7P/c1-2-3-4-5-6-7-8-9-10-11-12-13-14-15-16-17-23(26)31-22(20-25)21-30-32(27,28)29-19-18-24/h9-10,22,25H,2-8,11-21,24H2,1H3,(H,27,28). The van der Waals surface area contributed by atoms with Gasteiger partial charge in [-0.2, -0.15) is 0 Å². The van der Waals surface area contributed by atoms with Crippen LogP contribution in [0.4, 0.5) is 0 Å². The molecular formula is C23H46NO7P. The fourth-order valence-electron chi connectivity index (χ4n) is 3.09. The first-order valence-corrected chi connectivity index (χ1v) is 13.7. The predicted molar refractivity (Wildman–Crippen MR) is 127 cm³/mol. The second-order valence-corrected chi connectivity index (χ2v) is 9.47. The third-order valence-corrected chi connectivity index (χ3v) is 5.92. The van der Waals surface area contributed by atoms with E-state index in [-0.39, 0.29) is 19.6 Å². The maximum Gasteiger partial charge on any atom is 0.472 e. The highest BCUT2D eigenvalue weighted by Gasteiger charge is 2.24. The van der Waals surface area contributed by atoms with E-state index in [9.17, 15) is 19.4 Å². The number of unbranched alkanes of at least 4 members (excludes halogenated alkanes) is 11. The van der Waals surface area contributed by atoms with Crippen LogP contribution in [-0.4, -0.2) is 48.4 Å². The van der Waals surface area contributed by atoms with Crippen LogP contribution in [0.3, 0.4) is 0 Å². The van der Waals surface area contributed by atoms with E-state index in [4.69, 9.17) is 15.0 Å². The van der Waals surface area contributed by atoms with E-state index in [1.54, 1.807) is 0 Å². The molecule has 0 aliphatic carbocycles. The topological polar surface area (TPSA) is 128 Å². The molecule has 0 fully saturated rings. The summed E-state index contributed by atoms with van der Waals surface area (Å²) >= 11 is 0. The van der Waals surface area contributed by atoms with Crippen LogP contribution in [0.2, 0.25) is 0 Å². The molecule has 0 saturated carbocycles. The quantitative estimate of drug-likeness (QED) is 0.0806. The summed E-state index contributed by atoms with van der Waals surface area (Å²) in [4.78, 5) is 21.3. The van der Waals surface area contributed by atoms with Gasteiger partial charge in [-0.3, -0.25) is 13.8 Å². The zero-order valence-corrected chi connectivity index (χ0v) is 20.8. The molecule has 0 spiro atoms. The lowest BCUT2D eigenvalue weighted by Crippen LogP contribution is -2.27. The van der Waals surface area contributed by atoms with Crippen LogP contribution < -0.4 is 5.73 Å². The number of rotatable bonds is 23. The third-order valence-electron chi connectivity index (χ3n) is 4.94. The highest BCUT2D eigenvalue weighted by Crippen LogP contribution is 2.42. The first-order valence-electron chi connectivity index (χ1n) is 12.2. The van der Waals surface area contributed by atoms with E-state index in [1.165, 1.54) is 44.9 Å². The summed E-state index contributed by atoms with van der Waals surface area (Å²) in [6.07, 6.45) is 19.2. The lowest BCUT2D eigenvalue weighted by molar-refractivity contribution is -0.153. The molecule has 0 aromatic rings. The summed E-state index contributed by atoms with van der Waals surface area (Å²) < 4.78 is 25.9. The van der Waals surface area contributed by atoms with Crippen molar-refractivity contribution in [2.75, 3.05) is 26.4 Å². The van der Waals surface area contributed by atoms with Crippen molar-refractivity contribution in [2.24, 2.45) is 5.73 Å². The summed E-state index contributed by atoms with van der Waals surface area (Å²) in [7, 11) is -4.26. The first-order chi connectivity index (χ1) is 15.4. The van der Waals surface area contributed by atoms with Crippen molar-refractivity contribution >= 4 is 13.8 Å². The van der Waals surface area contributed by atoms with Gasteiger partial charge in [0.05, 0.1) is 19.8 Å². The molecule has 0 saturated heterocycles. The maximum absolute atomic E-state index is 11.9. The number of carbonyl (C=O) groups excluding carboxylic acids is 1. The van der Waals surface area contributed by atoms with Gasteiger partial charge in [-0.05, 0) is 32.1 Å². The monoisotopic (exact) mass is 479 g/mol. The average Bonchev–Trinajstić information content (AvgIpc) is 2.77. The maximum atomic E-state index is 11.9. The molecule has 8 nitrogen and oxygen atoms in total. The Morgan fingerprint density at radius 1 is 0.938 bits per heavy atom. The molecule has 0 aliphatic heterocycles. The van der Waals surface area contributed by atoms with Gasteiger partial charge in [-0.1, -0.05) is 70.4 Å². The molecule has 0 radical (unpaired) electrons. The summed E-state index contributed by atoms with van der Waals surface area (Å²) in [6.45, 7) is 1.25. The second kappa shape index (κ2) is 22.1. The van der Waals surface area contributed by atoms with Crippen molar-refractivity contribution in [3.63, 3.8) is 0 Å². The minimum atomic E-state index is -4.26. The Morgan fingerprint density at radius 2 is 1.50 bits per heavy atom. The van der Waals surface area contributed by atoms with Gasteiger partial charge < -0.3 is 20.5 Å². The molecule has 2 unspecified atom stereocenters. The van der Waals surface area contributed by atoms with Gasteiger partial charge in [-0.25, -0.2) is 4.57 Å². The molecule has 0 rings (SSSR count). The number of hydrogen-bond acceptors (Lipinski definition) is 7. The first kappa shape index (κ1) is 31.2. The van der Waals surface area contributed by atoms with Gasteiger partial charge in [0.15, 0.2) is 0 Å². The van der Waals surface area contributed by atoms with Crippen LogP contribution >= 0.6 is 7.82 Å². The predicted octanol–water partition coefficient (Wildman–Crippen LogP) is 5.02. The minimum absolute atomic E-state index is 0.0717. The van der Waals surface area contributed by atoms with Gasteiger partial charge in [0, 0.05) is 13.0 Å². The van der Waals surface area contributed by atoms with Crippen LogP contribution in [-0.2, 0) is 23.1 Å². The third kappa shape index (κ3) is 21.1. The molecule has 0 aromatic carbocycles. The number of aliphatic hydroxyl groups is 1. The number of nitrogens with two attached hydrogens (primary N) is 1. The molecule has 0 amide bonds. The van der Waals surface area contributed by atoms with Crippen molar-refractivity contribution in [3.8, 4) is 0 Å². The Labute approximate surface area is 194 Å². The SMILES string of the molecule is CCCCCCCCC=CCCCCCCCC(=O)OC(CO)COP(=O)(O)OCCN. The molecule has 0 aromatic heterocycles. The molecular weight excluding hydrogens is 433 g/mol. The van der Waals surface area contributed by atoms with E-state index in [1.807, 2.05) is 0 Å². The van der Waals surface area contributed by atoms with Gasteiger partial charge in [0.1, 0.15) is 6.10 Å². The summed E-state index contributed by atoms with van der Waals surface area (Å²) in [5.41, 5.74) is 5.19. The number of aliphatic hydroxyl groups excluding tert-OH is 1. The number of hydrogen-bond donors (Lipinski definition) is 3. The summed E-state index contributed by atoms with van der Waals surface area (Å²) in [5.74, 6) is -0.457. The zero-order valence-electron chi connectivity index (χ0n) is 19.9. The Kier molecular flexibility index (Phi) is 21.5. The Hall–Kier alpha value is -0.760. The number of ether oxygens (including phenoxy) is 1. The van der Waals surface area contributed by atoms with E-state index >= 15 is 0 Å². The largest absolute Gasteiger partial charge is 0.472 e. The number of allylic oxidation sites excluding steroid dienone is 2. The van der Waals surface area contributed by atoms with Crippen molar-refractivity contribution in [2.45, 2.75) is 103 Å². The van der Waals surface area contributed by atoms with Crippen LogP contribution in [0, 0.1) is 0 Å². The van der Waals surface area contributed by atoms with Gasteiger partial charge in [0.25, 0.3) is 0 Å². The highest BCUT2D eigenvalue weighted by atomic mass is 31.2. The van der Waals surface area contributed by atoms with Crippen molar-refractivity contribution < 1.29 is 33.1 Å².